The number of fused-ring (bicyclic) bond motifs is 2. The molecule has 4 rings (SSSR count). The van der Waals surface area contributed by atoms with Gasteiger partial charge in [-0.2, -0.15) is 4.39 Å². The zero-order chi connectivity index (χ0) is 25.8. The van der Waals surface area contributed by atoms with Gasteiger partial charge in [-0.25, -0.2) is 8.78 Å². The Morgan fingerprint density at radius 3 is 2.33 bits per heavy atom. The minimum Gasteiger partial charge on any atom is -0.450 e. The number of hydrogen-bond acceptors (Lipinski definition) is 1. The third-order valence-corrected chi connectivity index (χ3v) is 8.36. The molecule has 2 atom stereocenters. The van der Waals surface area contributed by atoms with Crippen LogP contribution in [0.15, 0.2) is 30.4 Å². The van der Waals surface area contributed by atoms with E-state index in [-0.39, 0.29) is 17.4 Å². The molecular weight excluding hydrogens is 457 g/mol. The van der Waals surface area contributed by atoms with E-state index in [1.165, 1.54) is 19.3 Å². The topological polar surface area (TPSA) is 9.23 Å². The van der Waals surface area contributed by atoms with Gasteiger partial charge >= 0.3 is 0 Å². The van der Waals surface area contributed by atoms with Gasteiger partial charge in [0.05, 0.1) is 0 Å². The molecular formula is C32H41F3O. The smallest absolute Gasteiger partial charge is 0.201 e. The quantitative estimate of drug-likeness (QED) is 0.267. The monoisotopic (exact) mass is 498 g/mol. The van der Waals surface area contributed by atoms with Gasteiger partial charge in [0, 0.05) is 17.5 Å². The summed E-state index contributed by atoms with van der Waals surface area (Å²) in [7, 11) is 0. The molecule has 2 aromatic carbocycles. The van der Waals surface area contributed by atoms with Crippen molar-refractivity contribution in [2.24, 2.45) is 17.8 Å². The van der Waals surface area contributed by atoms with Crippen molar-refractivity contribution in [2.75, 3.05) is 0 Å². The molecule has 1 saturated carbocycles. The van der Waals surface area contributed by atoms with E-state index >= 15 is 4.39 Å². The summed E-state index contributed by atoms with van der Waals surface area (Å²) in [6.45, 7) is 8.80. The largest absolute Gasteiger partial charge is 0.450 e. The first-order valence-electron chi connectivity index (χ1n) is 14.0. The molecule has 2 unspecified atom stereocenters. The fourth-order valence-corrected chi connectivity index (χ4v) is 5.71. The Kier molecular flexibility index (Phi) is 8.85. The zero-order valence-corrected chi connectivity index (χ0v) is 22.3. The highest BCUT2D eigenvalue weighted by molar-refractivity contribution is 5.54. The minimum atomic E-state index is -1.00. The second-order valence-corrected chi connectivity index (χ2v) is 11.2. The molecule has 0 bridgehead atoms. The Bertz CT molecular complexity index is 1080. The molecule has 36 heavy (non-hydrogen) atoms. The average Bonchev–Trinajstić information content (AvgIpc) is 2.89. The fraction of sp³-hybridized carbons (Fsp3) is 0.562. The Morgan fingerprint density at radius 1 is 0.917 bits per heavy atom. The van der Waals surface area contributed by atoms with E-state index < -0.39 is 17.5 Å². The van der Waals surface area contributed by atoms with Crippen molar-refractivity contribution >= 4 is 0 Å². The van der Waals surface area contributed by atoms with Gasteiger partial charge in [-0.3, -0.25) is 0 Å². The second-order valence-electron chi connectivity index (χ2n) is 11.2. The highest BCUT2D eigenvalue weighted by Gasteiger charge is 2.31. The van der Waals surface area contributed by atoms with Gasteiger partial charge in [-0.15, -0.1) is 0 Å². The molecule has 2 aromatic rings. The van der Waals surface area contributed by atoms with Crippen molar-refractivity contribution in [3.63, 3.8) is 0 Å². The first-order chi connectivity index (χ1) is 17.3. The lowest BCUT2D eigenvalue weighted by Gasteiger charge is -2.29. The van der Waals surface area contributed by atoms with Crippen LogP contribution in [0.4, 0.5) is 13.2 Å². The van der Waals surface area contributed by atoms with Crippen LogP contribution in [-0.4, -0.2) is 0 Å². The van der Waals surface area contributed by atoms with E-state index in [9.17, 15) is 8.78 Å². The predicted molar refractivity (Wildman–Crippen MR) is 141 cm³/mol. The molecule has 4 heteroatoms. The molecule has 1 nitrogen and oxygen atoms in total. The minimum absolute atomic E-state index is 0.0682. The summed E-state index contributed by atoms with van der Waals surface area (Å²) >= 11 is 0. The fourth-order valence-electron chi connectivity index (χ4n) is 5.71. The van der Waals surface area contributed by atoms with Gasteiger partial charge < -0.3 is 4.74 Å². The lowest BCUT2D eigenvalue weighted by atomic mass is 9.77. The number of ether oxygens (including phenoxy) is 1. The van der Waals surface area contributed by atoms with Gasteiger partial charge in [-0.1, -0.05) is 71.2 Å². The van der Waals surface area contributed by atoms with Gasteiger partial charge in [0.2, 0.25) is 5.82 Å². The average molecular weight is 499 g/mol. The Hall–Kier alpha value is -2.23. The van der Waals surface area contributed by atoms with Crippen LogP contribution in [0.5, 0.6) is 11.5 Å². The molecule has 2 aliphatic rings. The molecule has 0 aromatic heterocycles. The van der Waals surface area contributed by atoms with Crippen molar-refractivity contribution in [2.45, 2.75) is 97.8 Å². The number of benzene rings is 2. The molecule has 1 aliphatic heterocycles. The maximum Gasteiger partial charge on any atom is 0.201 e. The number of aryl methyl sites for hydroxylation is 1. The summed E-state index contributed by atoms with van der Waals surface area (Å²) < 4.78 is 50.7. The molecule has 1 fully saturated rings. The highest BCUT2D eigenvalue weighted by Crippen LogP contribution is 2.45. The molecule has 196 valence electrons. The predicted octanol–water partition coefficient (Wildman–Crippen LogP) is 10.0. The van der Waals surface area contributed by atoms with Crippen molar-refractivity contribution < 1.29 is 17.9 Å². The summed E-state index contributed by atoms with van der Waals surface area (Å²) in [6.07, 6.45) is 14.0. The van der Waals surface area contributed by atoms with Crippen molar-refractivity contribution in [1.82, 2.24) is 0 Å². The second kappa shape index (κ2) is 11.9. The van der Waals surface area contributed by atoms with E-state index in [2.05, 4.69) is 32.9 Å². The van der Waals surface area contributed by atoms with Crippen molar-refractivity contribution in [3.05, 3.63) is 70.1 Å². The standard InChI is InChI=1S/C32H41F3O/c1-5-7-24-18-26-19-25-16-17-27(29(34)31(25)36-32(26)30(35)28(24)33)23-14-12-22(13-15-23)11-10-21(4)9-8-20(3)6-2/h10-11,16-18,20-23H,5-9,12-15,19H2,1-4H3/b11-10+. The van der Waals surface area contributed by atoms with Crippen molar-refractivity contribution in [3.8, 4) is 11.5 Å². The first kappa shape index (κ1) is 26.8. The van der Waals surface area contributed by atoms with E-state index in [1.54, 1.807) is 6.07 Å². The van der Waals surface area contributed by atoms with Gasteiger partial charge in [-0.05, 0) is 79.4 Å². The summed E-state index contributed by atoms with van der Waals surface area (Å²) in [4.78, 5) is 0. The van der Waals surface area contributed by atoms with Crippen LogP contribution in [0, 0.1) is 35.2 Å². The number of rotatable bonds is 9. The molecule has 0 spiro atoms. The SMILES string of the molecule is CCCc1cc2c(c(F)c1F)Oc1c(ccc(C3CCC(/C=C/C(C)CCC(C)CC)CC3)c1F)C2. The summed E-state index contributed by atoms with van der Waals surface area (Å²) in [5.74, 6) is -0.327. The summed E-state index contributed by atoms with van der Waals surface area (Å²) in [6, 6.07) is 5.46. The van der Waals surface area contributed by atoms with E-state index in [4.69, 9.17) is 4.74 Å². The molecule has 1 aliphatic carbocycles. The third-order valence-electron chi connectivity index (χ3n) is 8.36. The Labute approximate surface area is 215 Å². The zero-order valence-electron chi connectivity index (χ0n) is 22.3. The Morgan fingerprint density at radius 2 is 1.64 bits per heavy atom. The van der Waals surface area contributed by atoms with E-state index in [1.807, 2.05) is 19.1 Å². The van der Waals surface area contributed by atoms with Crippen LogP contribution < -0.4 is 4.74 Å². The number of hydrogen-bond donors (Lipinski definition) is 0. The normalized spacial score (nSPS) is 21.1. The number of allylic oxidation sites excluding steroid dienone is 2. The van der Waals surface area contributed by atoms with E-state index in [0.29, 0.717) is 46.9 Å². The van der Waals surface area contributed by atoms with Crippen molar-refractivity contribution in [1.29, 1.82) is 0 Å². The lowest BCUT2D eigenvalue weighted by molar-refractivity contribution is 0.353. The van der Waals surface area contributed by atoms with Crippen LogP contribution in [0.3, 0.4) is 0 Å². The maximum atomic E-state index is 15.6. The van der Waals surface area contributed by atoms with Crippen LogP contribution in [0.1, 0.15) is 107 Å². The first-order valence-corrected chi connectivity index (χ1v) is 14.0. The molecule has 1 heterocycles. The van der Waals surface area contributed by atoms with Crippen LogP contribution in [-0.2, 0) is 12.8 Å². The van der Waals surface area contributed by atoms with Gasteiger partial charge in [0.25, 0.3) is 0 Å². The third kappa shape index (κ3) is 5.84. The van der Waals surface area contributed by atoms with Gasteiger partial charge in [0.15, 0.2) is 23.1 Å². The van der Waals surface area contributed by atoms with Gasteiger partial charge in [0.1, 0.15) is 0 Å². The number of halogens is 3. The van der Waals surface area contributed by atoms with Crippen LogP contribution in [0.25, 0.3) is 0 Å². The lowest BCUT2D eigenvalue weighted by Crippen LogP contribution is -2.15. The Balaban J connectivity index is 1.42. The molecule has 0 radical (unpaired) electrons. The molecule has 0 saturated heterocycles. The molecule has 0 N–H and O–H groups in total. The highest BCUT2D eigenvalue weighted by atomic mass is 19.2. The molecule has 0 amide bonds. The summed E-state index contributed by atoms with van der Waals surface area (Å²) in [5.41, 5.74) is 2.28. The van der Waals surface area contributed by atoms with Crippen LogP contribution >= 0.6 is 0 Å². The maximum absolute atomic E-state index is 15.6. The summed E-state index contributed by atoms with van der Waals surface area (Å²) in [5, 5.41) is 0. The van der Waals surface area contributed by atoms with E-state index in [0.717, 1.165) is 38.0 Å². The van der Waals surface area contributed by atoms with Crippen LogP contribution in [0.2, 0.25) is 0 Å².